The Morgan fingerprint density at radius 1 is 1.03 bits per heavy atom. The molecular weight excluding hydrogens is 411 g/mol. The van der Waals surface area contributed by atoms with Gasteiger partial charge < -0.3 is 0 Å². The lowest BCUT2D eigenvalue weighted by atomic mass is 10.1. The summed E-state index contributed by atoms with van der Waals surface area (Å²) in [4.78, 5) is 16.5. The molecule has 0 unspecified atom stereocenters. The van der Waals surface area contributed by atoms with E-state index in [2.05, 4.69) is 28.2 Å². The summed E-state index contributed by atoms with van der Waals surface area (Å²) in [7, 11) is 0. The Bertz CT molecular complexity index is 1180. The van der Waals surface area contributed by atoms with Gasteiger partial charge in [0.05, 0.1) is 5.69 Å². The van der Waals surface area contributed by atoms with Crippen LogP contribution in [-0.2, 0) is 0 Å². The number of aryl methyl sites for hydroxylation is 1. The van der Waals surface area contributed by atoms with E-state index >= 15 is 0 Å². The molecule has 7 heteroatoms. The summed E-state index contributed by atoms with van der Waals surface area (Å²) < 4.78 is 15.1. The van der Waals surface area contributed by atoms with Crippen LogP contribution >= 0.6 is 11.8 Å². The third-order valence-electron chi connectivity index (χ3n) is 4.85. The topological polar surface area (TPSA) is 60.7 Å². The highest BCUT2D eigenvalue weighted by Gasteiger charge is 2.17. The van der Waals surface area contributed by atoms with Crippen molar-refractivity contribution in [3.05, 3.63) is 90.0 Å². The first kappa shape index (κ1) is 20.9. The van der Waals surface area contributed by atoms with Gasteiger partial charge in [-0.25, -0.2) is 4.39 Å². The largest absolute Gasteiger partial charge is 0.294 e. The molecule has 0 saturated heterocycles. The summed E-state index contributed by atoms with van der Waals surface area (Å²) in [5, 5.41) is 9.61. The summed E-state index contributed by atoms with van der Waals surface area (Å²) in [6.07, 6.45) is 4.58. The molecule has 0 N–H and O–H groups in total. The molecule has 0 aliphatic rings. The maximum absolute atomic E-state index is 13.0. The summed E-state index contributed by atoms with van der Waals surface area (Å²) in [5.41, 5.74) is 3.54. The predicted molar refractivity (Wildman–Crippen MR) is 120 cm³/mol. The molecule has 0 radical (unpaired) electrons. The van der Waals surface area contributed by atoms with Crippen LogP contribution in [-0.4, -0.2) is 31.3 Å². The van der Waals surface area contributed by atoms with Gasteiger partial charge in [0.1, 0.15) is 5.82 Å². The number of thioether (sulfide) groups is 1. The number of carbonyl (C=O) groups excluding carboxylic acids is 1. The van der Waals surface area contributed by atoms with Crippen LogP contribution in [0.25, 0.3) is 17.1 Å². The molecule has 0 saturated carbocycles. The van der Waals surface area contributed by atoms with Gasteiger partial charge in [-0.1, -0.05) is 30.0 Å². The zero-order valence-electron chi connectivity index (χ0n) is 17.0. The van der Waals surface area contributed by atoms with Gasteiger partial charge >= 0.3 is 0 Å². The van der Waals surface area contributed by atoms with Gasteiger partial charge in [-0.3, -0.25) is 14.3 Å². The maximum atomic E-state index is 13.0. The van der Waals surface area contributed by atoms with Crippen molar-refractivity contribution < 1.29 is 9.18 Å². The first-order valence-corrected chi connectivity index (χ1v) is 11.0. The van der Waals surface area contributed by atoms with Gasteiger partial charge in [0.25, 0.3) is 0 Å². The SMILES string of the molecule is Cc1ccccc1-n1c(SCCCC(=O)c2ccc(F)cc2)nnc1-c1cccnc1. The number of Topliss-reactive ketones (excluding diaryl/α,β-unsaturated/α-hetero) is 1. The van der Waals surface area contributed by atoms with Crippen molar-refractivity contribution in [1.29, 1.82) is 0 Å². The highest BCUT2D eigenvalue weighted by atomic mass is 32.2. The van der Waals surface area contributed by atoms with Crippen LogP contribution in [0.2, 0.25) is 0 Å². The molecule has 4 aromatic rings. The standard InChI is InChI=1S/C24H21FN4OS/c1-17-6-2-3-8-21(17)29-23(19-7-4-14-26-16-19)27-28-24(29)31-15-5-9-22(30)18-10-12-20(25)13-11-18/h2-4,6-8,10-14,16H,5,9,15H2,1H3. The second kappa shape index (κ2) is 9.66. The molecule has 0 atom stereocenters. The van der Waals surface area contributed by atoms with Gasteiger partial charge in [0, 0.05) is 35.7 Å². The molecule has 0 bridgehead atoms. The lowest BCUT2D eigenvalue weighted by molar-refractivity contribution is 0.0982. The van der Waals surface area contributed by atoms with Crippen molar-refractivity contribution >= 4 is 17.5 Å². The van der Waals surface area contributed by atoms with E-state index in [4.69, 9.17) is 0 Å². The lowest BCUT2D eigenvalue weighted by Crippen LogP contribution is -2.03. The average molecular weight is 433 g/mol. The van der Waals surface area contributed by atoms with E-state index in [-0.39, 0.29) is 11.6 Å². The van der Waals surface area contributed by atoms with E-state index in [9.17, 15) is 9.18 Å². The number of hydrogen-bond acceptors (Lipinski definition) is 5. The van der Waals surface area contributed by atoms with Gasteiger partial charge in [0.2, 0.25) is 0 Å². The monoisotopic (exact) mass is 432 g/mol. The number of halogens is 1. The highest BCUT2D eigenvalue weighted by Crippen LogP contribution is 2.29. The summed E-state index contributed by atoms with van der Waals surface area (Å²) in [6, 6.07) is 17.6. The zero-order valence-corrected chi connectivity index (χ0v) is 17.8. The van der Waals surface area contributed by atoms with Crippen molar-refractivity contribution in [1.82, 2.24) is 19.7 Å². The number of nitrogens with zero attached hydrogens (tertiary/aromatic N) is 4. The fourth-order valence-electron chi connectivity index (χ4n) is 3.25. The number of aromatic nitrogens is 4. The molecule has 31 heavy (non-hydrogen) atoms. The van der Waals surface area contributed by atoms with Gasteiger partial charge in [0.15, 0.2) is 16.8 Å². The Balaban J connectivity index is 1.51. The second-order valence-corrected chi connectivity index (χ2v) is 8.11. The fourth-order valence-corrected chi connectivity index (χ4v) is 4.14. The van der Waals surface area contributed by atoms with E-state index in [1.807, 2.05) is 34.9 Å². The van der Waals surface area contributed by atoms with E-state index in [1.165, 1.54) is 24.3 Å². The lowest BCUT2D eigenvalue weighted by Gasteiger charge is -2.12. The predicted octanol–water partition coefficient (Wildman–Crippen LogP) is 5.53. The maximum Gasteiger partial charge on any atom is 0.196 e. The molecule has 0 amide bonds. The Labute approximate surface area is 184 Å². The first-order chi connectivity index (χ1) is 15.1. The molecule has 0 fully saturated rings. The molecule has 2 aromatic carbocycles. The van der Waals surface area contributed by atoms with Gasteiger partial charge in [-0.2, -0.15) is 0 Å². The number of hydrogen-bond donors (Lipinski definition) is 0. The number of para-hydroxylation sites is 1. The van der Waals surface area contributed by atoms with Crippen LogP contribution in [0.15, 0.2) is 78.2 Å². The number of carbonyl (C=O) groups is 1. The Hall–Kier alpha value is -3.32. The highest BCUT2D eigenvalue weighted by molar-refractivity contribution is 7.99. The quantitative estimate of drug-likeness (QED) is 0.208. The zero-order chi connectivity index (χ0) is 21.6. The van der Waals surface area contributed by atoms with Crippen LogP contribution < -0.4 is 0 Å². The number of pyridine rings is 1. The molecule has 156 valence electrons. The Kier molecular flexibility index (Phi) is 6.52. The van der Waals surface area contributed by atoms with Crippen LogP contribution in [0.1, 0.15) is 28.8 Å². The third-order valence-corrected chi connectivity index (χ3v) is 5.87. The normalized spacial score (nSPS) is 10.9. The van der Waals surface area contributed by atoms with Crippen molar-refractivity contribution in [3.63, 3.8) is 0 Å². The van der Waals surface area contributed by atoms with Crippen LogP contribution in [0, 0.1) is 12.7 Å². The van der Waals surface area contributed by atoms with Crippen molar-refractivity contribution in [2.45, 2.75) is 24.9 Å². The minimum atomic E-state index is -0.341. The van der Waals surface area contributed by atoms with E-state index in [1.54, 1.807) is 24.2 Å². The van der Waals surface area contributed by atoms with Crippen LogP contribution in [0.5, 0.6) is 0 Å². The van der Waals surface area contributed by atoms with E-state index in [0.29, 0.717) is 24.2 Å². The average Bonchev–Trinajstić information content (AvgIpc) is 3.21. The van der Waals surface area contributed by atoms with Crippen molar-refractivity contribution in [3.8, 4) is 17.1 Å². The molecule has 0 spiro atoms. The summed E-state index contributed by atoms with van der Waals surface area (Å²) >= 11 is 1.56. The summed E-state index contributed by atoms with van der Waals surface area (Å²) in [5.74, 6) is 1.11. The molecule has 0 aliphatic carbocycles. The van der Waals surface area contributed by atoms with Crippen LogP contribution in [0.4, 0.5) is 4.39 Å². The third kappa shape index (κ3) is 4.88. The molecule has 2 heterocycles. The Morgan fingerprint density at radius 3 is 2.58 bits per heavy atom. The second-order valence-electron chi connectivity index (χ2n) is 7.05. The molecular formula is C24H21FN4OS. The smallest absolute Gasteiger partial charge is 0.196 e. The number of ketones is 1. The van der Waals surface area contributed by atoms with Gasteiger partial charge in [-0.05, 0) is 61.4 Å². The molecule has 2 aromatic heterocycles. The fraction of sp³-hybridized carbons (Fsp3) is 0.167. The van der Waals surface area contributed by atoms with Crippen molar-refractivity contribution in [2.75, 3.05) is 5.75 Å². The van der Waals surface area contributed by atoms with Crippen LogP contribution in [0.3, 0.4) is 0 Å². The number of benzene rings is 2. The molecule has 5 nitrogen and oxygen atoms in total. The molecule has 4 rings (SSSR count). The van der Waals surface area contributed by atoms with Gasteiger partial charge in [-0.15, -0.1) is 10.2 Å². The minimum Gasteiger partial charge on any atom is -0.294 e. The molecule has 0 aliphatic heterocycles. The first-order valence-electron chi connectivity index (χ1n) is 9.97. The Morgan fingerprint density at radius 2 is 1.84 bits per heavy atom. The summed E-state index contributed by atoms with van der Waals surface area (Å²) in [6.45, 7) is 2.05. The minimum absolute atomic E-state index is 0.0111. The van der Waals surface area contributed by atoms with Crippen molar-refractivity contribution in [2.24, 2.45) is 0 Å². The van der Waals surface area contributed by atoms with E-state index in [0.717, 1.165) is 27.8 Å². The number of rotatable bonds is 8. The van der Waals surface area contributed by atoms with E-state index < -0.39 is 0 Å².